The number of methoxy groups -OCH3 is 1. The normalized spacial score (nSPS) is 11.4. The molecule has 1 amide bonds. The number of pyridine rings is 1. The number of para-hydroxylation sites is 1. The van der Waals surface area contributed by atoms with Crippen molar-refractivity contribution in [1.29, 1.82) is 0 Å². The largest absolute Gasteiger partial charge is 0.497 e. The highest BCUT2D eigenvalue weighted by molar-refractivity contribution is 7.99. The Kier molecular flexibility index (Phi) is 6.84. The molecule has 7 heteroatoms. The molecular weight excluding hydrogens is 454 g/mol. The van der Waals surface area contributed by atoms with E-state index in [9.17, 15) is 4.79 Å². The molecule has 1 aromatic heterocycles. The van der Waals surface area contributed by atoms with Gasteiger partial charge in [0.2, 0.25) is 0 Å². The molecule has 1 heterocycles. The van der Waals surface area contributed by atoms with Gasteiger partial charge in [-0.15, -0.1) is 0 Å². The van der Waals surface area contributed by atoms with Gasteiger partial charge in [0.15, 0.2) is 0 Å². The second kappa shape index (κ2) is 9.81. The van der Waals surface area contributed by atoms with E-state index >= 15 is 8.78 Å². The quantitative estimate of drug-likeness (QED) is 0.328. The molecule has 3 aromatic carbocycles. The Morgan fingerprint density at radius 1 is 1.06 bits per heavy atom. The first-order chi connectivity index (χ1) is 16.3. The van der Waals surface area contributed by atoms with E-state index in [0.717, 1.165) is 10.5 Å². The molecule has 0 aliphatic carbocycles. The molecule has 0 saturated heterocycles. The predicted octanol–water partition coefficient (Wildman–Crippen LogP) is 6.53. The Balaban J connectivity index is 1.66. The van der Waals surface area contributed by atoms with Gasteiger partial charge in [0.25, 0.3) is 11.8 Å². The monoisotopic (exact) mass is 478 g/mol. The molecule has 174 valence electrons. The van der Waals surface area contributed by atoms with Gasteiger partial charge in [0, 0.05) is 26.9 Å². The number of aromatic nitrogens is 1. The fraction of sp³-hybridized carbons (Fsp3) is 0.185. The van der Waals surface area contributed by atoms with Crippen LogP contribution in [0.1, 0.15) is 27.0 Å². The molecule has 0 aliphatic rings. The minimum absolute atomic E-state index is 0.0936. The lowest BCUT2D eigenvalue weighted by Crippen LogP contribution is -2.35. The molecule has 1 N–H and O–H groups in total. The Labute approximate surface area is 201 Å². The van der Waals surface area contributed by atoms with Gasteiger partial charge < -0.3 is 10.1 Å². The van der Waals surface area contributed by atoms with Gasteiger partial charge in [-0.3, -0.25) is 9.78 Å². The minimum Gasteiger partial charge on any atom is -0.497 e. The molecule has 0 spiro atoms. The SMILES string of the molecule is COc1cccc(Sc2cnc3ccccc3c2C(=O)NCC(F)(F)c2ccc(C)cc2C)c1. The van der Waals surface area contributed by atoms with Crippen molar-refractivity contribution >= 4 is 28.6 Å². The van der Waals surface area contributed by atoms with Crippen LogP contribution in [0.25, 0.3) is 10.9 Å². The number of carbonyl (C=O) groups excluding carboxylic acids is 1. The molecule has 0 saturated carbocycles. The van der Waals surface area contributed by atoms with Crippen molar-refractivity contribution in [3.63, 3.8) is 0 Å². The van der Waals surface area contributed by atoms with E-state index in [-0.39, 0.29) is 5.56 Å². The van der Waals surface area contributed by atoms with Crippen molar-refractivity contribution in [3.05, 3.63) is 95.2 Å². The van der Waals surface area contributed by atoms with Crippen LogP contribution in [0, 0.1) is 13.8 Å². The van der Waals surface area contributed by atoms with Crippen LogP contribution >= 0.6 is 11.8 Å². The van der Waals surface area contributed by atoms with Gasteiger partial charge in [0.1, 0.15) is 5.75 Å². The lowest BCUT2D eigenvalue weighted by molar-refractivity contribution is -0.00308. The Hall–Kier alpha value is -3.45. The summed E-state index contributed by atoms with van der Waals surface area (Å²) in [6.07, 6.45) is 1.60. The van der Waals surface area contributed by atoms with E-state index in [2.05, 4.69) is 10.3 Å². The summed E-state index contributed by atoms with van der Waals surface area (Å²) in [6, 6.07) is 19.4. The van der Waals surface area contributed by atoms with Gasteiger partial charge in [-0.25, -0.2) is 0 Å². The van der Waals surface area contributed by atoms with Crippen LogP contribution in [0.5, 0.6) is 5.75 Å². The van der Waals surface area contributed by atoms with Crippen molar-refractivity contribution in [2.75, 3.05) is 13.7 Å². The molecule has 0 radical (unpaired) electrons. The average Bonchev–Trinajstić information content (AvgIpc) is 2.82. The first kappa shape index (κ1) is 23.7. The summed E-state index contributed by atoms with van der Waals surface area (Å²) in [5.41, 5.74) is 2.23. The molecular formula is C27H24F2N2O2S. The summed E-state index contributed by atoms with van der Waals surface area (Å²) in [5, 5.41) is 3.07. The van der Waals surface area contributed by atoms with Gasteiger partial charge in [-0.1, -0.05) is 59.8 Å². The van der Waals surface area contributed by atoms with Crippen LogP contribution in [-0.4, -0.2) is 24.5 Å². The predicted molar refractivity (Wildman–Crippen MR) is 131 cm³/mol. The third-order valence-electron chi connectivity index (χ3n) is 5.48. The fourth-order valence-corrected chi connectivity index (χ4v) is 4.81. The standard InChI is InChI=1S/C27H24F2N2O2S/c1-17-11-12-22(18(2)13-17)27(28,29)16-31-26(32)25-21-9-4-5-10-23(21)30-15-24(25)34-20-8-6-7-19(14-20)33-3/h4-15H,16H2,1-3H3,(H,31,32). The topological polar surface area (TPSA) is 51.2 Å². The summed E-state index contributed by atoms with van der Waals surface area (Å²) >= 11 is 1.33. The zero-order chi connectivity index (χ0) is 24.3. The van der Waals surface area contributed by atoms with Gasteiger partial charge in [-0.2, -0.15) is 8.78 Å². The maximum Gasteiger partial charge on any atom is 0.290 e. The van der Waals surface area contributed by atoms with Crippen LogP contribution < -0.4 is 10.1 Å². The highest BCUT2D eigenvalue weighted by Gasteiger charge is 2.34. The zero-order valence-electron chi connectivity index (χ0n) is 19.1. The Morgan fingerprint density at radius 3 is 2.62 bits per heavy atom. The molecule has 4 aromatic rings. The Morgan fingerprint density at radius 2 is 1.85 bits per heavy atom. The molecule has 0 unspecified atom stereocenters. The maximum absolute atomic E-state index is 15.0. The number of halogens is 2. The fourth-order valence-electron chi connectivity index (χ4n) is 3.83. The van der Waals surface area contributed by atoms with Crippen molar-refractivity contribution in [2.45, 2.75) is 29.6 Å². The number of nitrogens with zero attached hydrogens (tertiary/aromatic N) is 1. The summed E-state index contributed by atoms with van der Waals surface area (Å²) in [7, 11) is 1.58. The number of benzene rings is 3. The highest BCUT2D eigenvalue weighted by atomic mass is 32.2. The number of aryl methyl sites for hydroxylation is 2. The van der Waals surface area contributed by atoms with Crippen molar-refractivity contribution in [1.82, 2.24) is 10.3 Å². The third-order valence-corrected chi connectivity index (χ3v) is 6.50. The number of fused-ring (bicyclic) bond motifs is 1. The summed E-state index contributed by atoms with van der Waals surface area (Å²) in [6.45, 7) is 2.69. The average molecular weight is 479 g/mol. The van der Waals surface area contributed by atoms with Crippen molar-refractivity contribution in [3.8, 4) is 5.75 Å². The number of alkyl halides is 2. The summed E-state index contributed by atoms with van der Waals surface area (Å²) in [5.74, 6) is -3.11. The van der Waals surface area contributed by atoms with Crippen molar-refractivity contribution in [2.24, 2.45) is 0 Å². The number of hydrogen-bond donors (Lipinski definition) is 1. The summed E-state index contributed by atoms with van der Waals surface area (Å²) < 4.78 is 35.3. The van der Waals surface area contributed by atoms with E-state index < -0.39 is 18.4 Å². The van der Waals surface area contributed by atoms with Gasteiger partial charge in [-0.05, 0) is 43.7 Å². The van der Waals surface area contributed by atoms with E-state index in [0.29, 0.717) is 32.7 Å². The number of rotatable bonds is 7. The number of hydrogen-bond acceptors (Lipinski definition) is 4. The highest BCUT2D eigenvalue weighted by Crippen LogP contribution is 2.35. The molecule has 0 atom stereocenters. The van der Waals surface area contributed by atoms with Crippen LogP contribution in [0.4, 0.5) is 8.78 Å². The van der Waals surface area contributed by atoms with E-state index in [1.165, 1.54) is 17.8 Å². The number of carbonyl (C=O) groups is 1. The molecule has 0 bridgehead atoms. The Bertz CT molecular complexity index is 1360. The lowest BCUT2D eigenvalue weighted by atomic mass is 10.00. The second-order valence-electron chi connectivity index (χ2n) is 8.00. The minimum atomic E-state index is -3.21. The summed E-state index contributed by atoms with van der Waals surface area (Å²) in [4.78, 5) is 19.2. The first-order valence-corrected chi connectivity index (χ1v) is 11.5. The number of ether oxygens (including phenoxy) is 1. The molecule has 4 nitrogen and oxygen atoms in total. The maximum atomic E-state index is 15.0. The lowest BCUT2D eigenvalue weighted by Gasteiger charge is -2.20. The van der Waals surface area contributed by atoms with E-state index in [1.54, 1.807) is 50.6 Å². The van der Waals surface area contributed by atoms with E-state index in [4.69, 9.17) is 4.74 Å². The van der Waals surface area contributed by atoms with Crippen LogP contribution in [-0.2, 0) is 5.92 Å². The van der Waals surface area contributed by atoms with Crippen molar-refractivity contribution < 1.29 is 18.3 Å². The van der Waals surface area contributed by atoms with Gasteiger partial charge in [0.05, 0.1) is 24.7 Å². The molecule has 0 fully saturated rings. The van der Waals surface area contributed by atoms with E-state index in [1.807, 2.05) is 37.3 Å². The number of amides is 1. The van der Waals surface area contributed by atoms with Crippen LogP contribution in [0.2, 0.25) is 0 Å². The van der Waals surface area contributed by atoms with Gasteiger partial charge >= 0.3 is 0 Å². The zero-order valence-corrected chi connectivity index (χ0v) is 19.9. The molecule has 34 heavy (non-hydrogen) atoms. The first-order valence-electron chi connectivity index (χ1n) is 10.7. The molecule has 4 rings (SSSR count). The second-order valence-corrected chi connectivity index (χ2v) is 9.12. The smallest absolute Gasteiger partial charge is 0.290 e. The van der Waals surface area contributed by atoms with Crippen LogP contribution in [0.15, 0.2) is 82.7 Å². The van der Waals surface area contributed by atoms with Crippen LogP contribution in [0.3, 0.4) is 0 Å². The third kappa shape index (κ3) is 5.04. The number of nitrogens with one attached hydrogen (secondary N) is 1. The molecule has 0 aliphatic heterocycles.